The molecule has 2 nitrogen and oxygen atoms in total. The lowest BCUT2D eigenvalue weighted by molar-refractivity contribution is -0.182. The van der Waals surface area contributed by atoms with Crippen LogP contribution in [0.5, 0.6) is 0 Å². The number of fused-ring (bicyclic) bond motifs is 1. The van der Waals surface area contributed by atoms with Crippen molar-refractivity contribution >= 4 is 0 Å². The van der Waals surface area contributed by atoms with Gasteiger partial charge in [-0.25, -0.2) is 0 Å². The van der Waals surface area contributed by atoms with Crippen LogP contribution in [0.15, 0.2) is 18.2 Å². The number of benzene rings is 1. The fourth-order valence-electron chi connectivity index (χ4n) is 5.31. The summed E-state index contributed by atoms with van der Waals surface area (Å²) in [6.07, 6.45) is 2.45. The fraction of sp³-hybridized carbons (Fsp3) is 0.700. The Kier molecular flexibility index (Phi) is 3.69. The maximum Gasteiger partial charge on any atom is 0.0887 e. The molecule has 1 saturated carbocycles. The van der Waals surface area contributed by atoms with Crippen LogP contribution in [0.4, 0.5) is 0 Å². The van der Waals surface area contributed by atoms with Gasteiger partial charge in [-0.2, -0.15) is 5.06 Å². The van der Waals surface area contributed by atoms with Crippen molar-refractivity contribution in [1.82, 2.24) is 5.06 Å². The van der Waals surface area contributed by atoms with E-state index in [-0.39, 0.29) is 11.0 Å². The second-order valence-corrected chi connectivity index (χ2v) is 8.53. The highest BCUT2D eigenvalue weighted by Crippen LogP contribution is 2.53. The Balaban J connectivity index is 2.01. The summed E-state index contributed by atoms with van der Waals surface area (Å²) in [6, 6.07) is 7.35. The predicted molar refractivity (Wildman–Crippen MR) is 91.9 cm³/mol. The molecule has 3 rings (SSSR count). The largest absolute Gasteiger partial charge is 0.293 e. The van der Waals surface area contributed by atoms with Crippen molar-refractivity contribution < 1.29 is 4.84 Å². The Hall–Kier alpha value is -0.860. The van der Waals surface area contributed by atoms with Gasteiger partial charge in [-0.3, -0.25) is 4.84 Å². The van der Waals surface area contributed by atoms with E-state index in [2.05, 4.69) is 71.9 Å². The third kappa shape index (κ3) is 2.32. The van der Waals surface area contributed by atoms with Crippen molar-refractivity contribution in [2.24, 2.45) is 11.8 Å². The van der Waals surface area contributed by atoms with E-state index in [1.165, 1.54) is 24.0 Å². The van der Waals surface area contributed by atoms with Crippen molar-refractivity contribution in [3.05, 3.63) is 34.9 Å². The summed E-state index contributed by atoms with van der Waals surface area (Å²) in [7, 11) is 2.11. The lowest BCUT2D eigenvalue weighted by atomic mass is 9.58. The molecular weight excluding hydrogens is 270 g/mol. The summed E-state index contributed by atoms with van der Waals surface area (Å²) in [5, 5.41) is 2.14. The predicted octanol–water partition coefficient (Wildman–Crippen LogP) is 4.63. The molecule has 1 saturated heterocycles. The van der Waals surface area contributed by atoms with Gasteiger partial charge in [-0.15, -0.1) is 0 Å². The monoisotopic (exact) mass is 301 g/mol. The second kappa shape index (κ2) is 5.07. The summed E-state index contributed by atoms with van der Waals surface area (Å²) in [5.41, 5.74) is 4.62. The van der Waals surface area contributed by atoms with Gasteiger partial charge in [0.25, 0.3) is 0 Å². The van der Waals surface area contributed by atoms with Crippen LogP contribution < -0.4 is 0 Å². The molecule has 122 valence electrons. The number of hydroxylamine groups is 2. The summed E-state index contributed by atoms with van der Waals surface area (Å²) < 4.78 is 0. The maximum atomic E-state index is 6.18. The molecule has 2 fully saturated rings. The first kappa shape index (κ1) is 16.0. The van der Waals surface area contributed by atoms with Crippen molar-refractivity contribution in [3.8, 4) is 0 Å². The Bertz CT molecular complexity index is 579. The average Bonchev–Trinajstić information content (AvgIpc) is 2.62. The second-order valence-electron chi connectivity index (χ2n) is 8.53. The van der Waals surface area contributed by atoms with Gasteiger partial charge in [0.15, 0.2) is 0 Å². The number of hydrogen-bond acceptors (Lipinski definition) is 2. The number of hydrogen-bond donors (Lipinski definition) is 0. The van der Waals surface area contributed by atoms with Crippen LogP contribution in [-0.2, 0) is 10.3 Å². The average molecular weight is 301 g/mol. The van der Waals surface area contributed by atoms with E-state index in [4.69, 9.17) is 4.84 Å². The van der Waals surface area contributed by atoms with Gasteiger partial charge in [0, 0.05) is 19.0 Å². The first-order valence-corrected chi connectivity index (χ1v) is 8.64. The molecule has 1 heterocycles. The molecule has 4 atom stereocenters. The van der Waals surface area contributed by atoms with E-state index in [1.807, 2.05) is 0 Å². The van der Waals surface area contributed by atoms with Crippen LogP contribution in [0, 0.1) is 25.7 Å². The molecule has 2 aliphatic rings. The van der Waals surface area contributed by atoms with Gasteiger partial charge in [0.1, 0.15) is 0 Å². The van der Waals surface area contributed by atoms with E-state index < -0.39 is 0 Å². The first-order valence-electron chi connectivity index (χ1n) is 8.64. The third-order valence-electron chi connectivity index (χ3n) is 6.39. The normalized spacial score (nSPS) is 38.0. The molecule has 0 spiro atoms. The minimum atomic E-state index is -0.0624. The summed E-state index contributed by atoms with van der Waals surface area (Å²) in [6.45, 7) is 13.9. The standard InChI is InChI=1S/C20H31NO/c1-13-9-8-10-16(15(13)3)20(6)11-14(2)18-17(12-20)19(4,5)22-21(18)7/h8-10,14,17-18H,11-12H2,1-7H3. The van der Waals surface area contributed by atoms with Gasteiger partial charge in [0.05, 0.1) is 5.60 Å². The molecule has 2 heteroatoms. The van der Waals surface area contributed by atoms with Crippen LogP contribution in [0.2, 0.25) is 0 Å². The van der Waals surface area contributed by atoms with E-state index in [0.29, 0.717) is 17.9 Å². The minimum absolute atomic E-state index is 0.0624. The first-order chi connectivity index (χ1) is 10.2. The maximum absolute atomic E-state index is 6.18. The highest BCUT2D eigenvalue weighted by Gasteiger charge is 2.55. The molecular formula is C20H31NO. The number of nitrogens with zero attached hydrogens (tertiary/aromatic N) is 1. The molecule has 1 aliphatic carbocycles. The zero-order chi connectivity index (χ0) is 16.3. The van der Waals surface area contributed by atoms with Crippen LogP contribution in [0.25, 0.3) is 0 Å². The highest BCUT2D eigenvalue weighted by molar-refractivity contribution is 5.39. The fourth-order valence-corrected chi connectivity index (χ4v) is 5.31. The van der Waals surface area contributed by atoms with Crippen molar-refractivity contribution in [3.63, 3.8) is 0 Å². The Morgan fingerprint density at radius 3 is 2.50 bits per heavy atom. The lowest BCUT2D eigenvalue weighted by Crippen LogP contribution is -2.48. The molecule has 1 aliphatic heterocycles. The van der Waals surface area contributed by atoms with E-state index in [9.17, 15) is 0 Å². The zero-order valence-corrected chi connectivity index (χ0v) is 15.2. The summed E-state index contributed by atoms with van der Waals surface area (Å²) in [5.74, 6) is 1.24. The molecule has 0 bridgehead atoms. The van der Waals surface area contributed by atoms with Crippen LogP contribution in [0.1, 0.15) is 57.2 Å². The molecule has 0 aromatic heterocycles. The molecule has 0 radical (unpaired) electrons. The minimum Gasteiger partial charge on any atom is -0.293 e. The lowest BCUT2D eigenvalue weighted by Gasteiger charge is -2.47. The Morgan fingerprint density at radius 1 is 1.14 bits per heavy atom. The van der Waals surface area contributed by atoms with E-state index in [1.54, 1.807) is 5.56 Å². The molecule has 1 aromatic rings. The van der Waals surface area contributed by atoms with Crippen LogP contribution in [0.3, 0.4) is 0 Å². The molecule has 0 amide bonds. The smallest absolute Gasteiger partial charge is 0.0887 e. The third-order valence-corrected chi connectivity index (χ3v) is 6.39. The van der Waals surface area contributed by atoms with Gasteiger partial charge < -0.3 is 0 Å². The van der Waals surface area contributed by atoms with Crippen LogP contribution in [-0.4, -0.2) is 23.8 Å². The highest BCUT2D eigenvalue weighted by atomic mass is 16.7. The SMILES string of the molecule is Cc1cccc(C2(C)CC(C)C3C(C2)C(C)(C)ON3C)c1C. The van der Waals surface area contributed by atoms with Gasteiger partial charge in [-0.05, 0) is 68.6 Å². The topological polar surface area (TPSA) is 12.5 Å². The Labute approximate surface area is 135 Å². The quantitative estimate of drug-likeness (QED) is 0.750. The summed E-state index contributed by atoms with van der Waals surface area (Å²) in [4.78, 5) is 6.18. The van der Waals surface area contributed by atoms with Crippen molar-refractivity contribution in [2.75, 3.05) is 7.05 Å². The van der Waals surface area contributed by atoms with Gasteiger partial charge in [0.2, 0.25) is 0 Å². The molecule has 0 N–H and O–H groups in total. The van der Waals surface area contributed by atoms with Crippen molar-refractivity contribution in [1.29, 1.82) is 0 Å². The van der Waals surface area contributed by atoms with E-state index in [0.717, 1.165) is 0 Å². The van der Waals surface area contributed by atoms with Gasteiger partial charge >= 0.3 is 0 Å². The Morgan fingerprint density at radius 2 is 1.82 bits per heavy atom. The molecule has 4 unspecified atom stereocenters. The molecule has 22 heavy (non-hydrogen) atoms. The van der Waals surface area contributed by atoms with Crippen LogP contribution >= 0.6 is 0 Å². The van der Waals surface area contributed by atoms with Gasteiger partial charge in [-0.1, -0.05) is 32.0 Å². The summed E-state index contributed by atoms with van der Waals surface area (Å²) >= 11 is 0. The zero-order valence-electron chi connectivity index (χ0n) is 15.2. The molecule has 1 aromatic carbocycles. The van der Waals surface area contributed by atoms with Crippen molar-refractivity contribution in [2.45, 2.75) is 71.4 Å². The van der Waals surface area contributed by atoms with E-state index >= 15 is 0 Å². The number of aryl methyl sites for hydroxylation is 1. The number of rotatable bonds is 1.